The molecule has 1 aliphatic rings. The van der Waals surface area contributed by atoms with Crippen LogP contribution in [0, 0.1) is 0 Å². The third-order valence-electron chi connectivity index (χ3n) is 6.43. The number of amides is 2. The number of H-pyrrole nitrogens is 1. The van der Waals surface area contributed by atoms with Crippen LogP contribution in [0.15, 0.2) is 79.0 Å². The Kier molecular flexibility index (Phi) is 5.69. The Morgan fingerprint density at radius 1 is 1.00 bits per heavy atom. The highest BCUT2D eigenvalue weighted by Crippen LogP contribution is 2.29. The summed E-state index contributed by atoms with van der Waals surface area (Å²) in [4.78, 5) is 30.8. The van der Waals surface area contributed by atoms with E-state index in [4.69, 9.17) is 0 Å². The van der Waals surface area contributed by atoms with Gasteiger partial charge in [0.1, 0.15) is 6.04 Å². The van der Waals surface area contributed by atoms with Gasteiger partial charge >= 0.3 is 0 Å². The molecule has 2 N–H and O–H groups in total. The molecule has 0 aliphatic carbocycles. The van der Waals surface area contributed by atoms with Crippen molar-refractivity contribution >= 4 is 39.1 Å². The van der Waals surface area contributed by atoms with Gasteiger partial charge in [0.25, 0.3) is 0 Å². The van der Waals surface area contributed by atoms with Gasteiger partial charge in [-0.1, -0.05) is 66.7 Å². The minimum Gasteiger partial charge on any atom is -0.361 e. The second-order valence-electron chi connectivity index (χ2n) is 8.62. The third-order valence-corrected chi connectivity index (χ3v) is 6.43. The fraction of sp³-hybridized carbons (Fsp3) is 0.214. The van der Waals surface area contributed by atoms with E-state index in [1.807, 2.05) is 65.7 Å². The molecule has 1 atom stereocenters. The minimum atomic E-state index is -0.560. The van der Waals surface area contributed by atoms with Gasteiger partial charge in [0.2, 0.25) is 11.8 Å². The number of benzene rings is 3. The van der Waals surface area contributed by atoms with Crippen molar-refractivity contribution in [1.82, 2.24) is 15.2 Å². The summed E-state index contributed by atoms with van der Waals surface area (Å²) in [5, 5.41) is 6.28. The topological polar surface area (TPSA) is 65.2 Å². The molecule has 5 heteroatoms. The SMILES string of the molecule is C[C@H](NC(=O)Cc1cccc2ccccc12)C(=O)N1CC=C(c2c[nH]c3ccccc23)CC1. The first kappa shape index (κ1) is 21.0. The molecule has 0 fully saturated rings. The van der Waals surface area contributed by atoms with Crippen LogP contribution in [-0.2, 0) is 16.0 Å². The molecule has 2 heterocycles. The van der Waals surface area contributed by atoms with E-state index >= 15 is 0 Å². The molecule has 1 aliphatic heterocycles. The van der Waals surface area contributed by atoms with E-state index in [-0.39, 0.29) is 18.2 Å². The van der Waals surface area contributed by atoms with E-state index in [0.29, 0.717) is 13.1 Å². The normalized spacial score (nSPS) is 14.8. The van der Waals surface area contributed by atoms with Crippen LogP contribution in [0.4, 0.5) is 0 Å². The van der Waals surface area contributed by atoms with E-state index < -0.39 is 6.04 Å². The average molecular weight is 438 g/mol. The molecule has 3 aromatic carbocycles. The quantitative estimate of drug-likeness (QED) is 0.476. The Labute approximate surface area is 193 Å². The summed E-state index contributed by atoms with van der Waals surface area (Å²) in [6.07, 6.45) is 5.22. The summed E-state index contributed by atoms with van der Waals surface area (Å²) in [6, 6.07) is 21.7. The van der Waals surface area contributed by atoms with Gasteiger partial charge in [0.15, 0.2) is 0 Å². The van der Waals surface area contributed by atoms with E-state index in [2.05, 4.69) is 28.5 Å². The highest BCUT2D eigenvalue weighted by Gasteiger charge is 2.24. The molecule has 0 unspecified atom stereocenters. The summed E-state index contributed by atoms with van der Waals surface area (Å²) < 4.78 is 0. The zero-order chi connectivity index (χ0) is 22.8. The number of rotatable bonds is 5. The lowest BCUT2D eigenvalue weighted by atomic mass is 9.98. The predicted molar refractivity (Wildman–Crippen MR) is 133 cm³/mol. The zero-order valence-electron chi connectivity index (χ0n) is 18.7. The number of carbonyl (C=O) groups is 2. The van der Waals surface area contributed by atoms with Crippen LogP contribution in [0.3, 0.4) is 0 Å². The molecule has 5 nitrogen and oxygen atoms in total. The maximum atomic E-state index is 13.0. The number of aromatic amines is 1. The smallest absolute Gasteiger partial charge is 0.245 e. The molecular formula is C28H27N3O2. The average Bonchev–Trinajstić information content (AvgIpc) is 3.28. The van der Waals surface area contributed by atoms with Crippen molar-refractivity contribution in [2.45, 2.75) is 25.8 Å². The van der Waals surface area contributed by atoms with Gasteiger partial charge in [0, 0.05) is 35.8 Å². The summed E-state index contributed by atoms with van der Waals surface area (Å²) in [6.45, 7) is 2.97. The summed E-state index contributed by atoms with van der Waals surface area (Å²) >= 11 is 0. The number of aromatic nitrogens is 1. The van der Waals surface area contributed by atoms with E-state index in [1.165, 1.54) is 16.5 Å². The highest BCUT2D eigenvalue weighted by molar-refractivity contribution is 5.94. The van der Waals surface area contributed by atoms with Crippen molar-refractivity contribution in [2.24, 2.45) is 0 Å². The third kappa shape index (κ3) is 4.27. The molecule has 0 radical (unpaired) electrons. The number of fused-ring (bicyclic) bond motifs is 2. The van der Waals surface area contributed by atoms with Crippen LogP contribution >= 0.6 is 0 Å². The second kappa shape index (κ2) is 8.94. The fourth-order valence-electron chi connectivity index (χ4n) is 4.70. The van der Waals surface area contributed by atoms with Crippen LogP contribution < -0.4 is 5.32 Å². The van der Waals surface area contributed by atoms with Gasteiger partial charge in [0.05, 0.1) is 6.42 Å². The molecule has 2 amide bonds. The van der Waals surface area contributed by atoms with Gasteiger partial charge in [-0.25, -0.2) is 0 Å². The van der Waals surface area contributed by atoms with Gasteiger partial charge in [-0.2, -0.15) is 0 Å². The molecular weight excluding hydrogens is 410 g/mol. The van der Waals surface area contributed by atoms with E-state index in [0.717, 1.165) is 28.3 Å². The van der Waals surface area contributed by atoms with Crippen LogP contribution in [0.2, 0.25) is 0 Å². The van der Waals surface area contributed by atoms with Gasteiger partial charge in [-0.3, -0.25) is 9.59 Å². The molecule has 166 valence electrons. The van der Waals surface area contributed by atoms with Crippen LogP contribution in [0.25, 0.3) is 27.2 Å². The van der Waals surface area contributed by atoms with Crippen molar-refractivity contribution < 1.29 is 9.59 Å². The van der Waals surface area contributed by atoms with Crippen LogP contribution in [0.5, 0.6) is 0 Å². The molecule has 0 spiro atoms. The van der Waals surface area contributed by atoms with Crippen LogP contribution in [-0.4, -0.2) is 40.8 Å². The molecule has 5 rings (SSSR count). The minimum absolute atomic E-state index is 0.0458. The van der Waals surface area contributed by atoms with Crippen molar-refractivity contribution in [1.29, 1.82) is 0 Å². The first-order chi connectivity index (χ1) is 16.1. The van der Waals surface area contributed by atoms with E-state index in [9.17, 15) is 9.59 Å². The number of hydrogen-bond donors (Lipinski definition) is 2. The second-order valence-corrected chi connectivity index (χ2v) is 8.62. The van der Waals surface area contributed by atoms with Crippen molar-refractivity contribution in [2.75, 3.05) is 13.1 Å². The largest absolute Gasteiger partial charge is 0.361 e. The Morgan fingerprint density at radius 3 is 2.58 bits per heavy atom. The monoisotopic (exact) mass is 437 g/mol. The number of para-hydroxylation sites is 1. The van der Waals surface area contributed by atoms with Gasteiger partial charge < -0.3 is 15.2 Å². The fourth-order valence-corrected chi connectivity index (χ4v) is 4.70. The van der Waals surface area contributed by atoms with Gasteiger partial charge in [-0.05, 0) is 41.3 Å². The zero-order valence-corrected chi connectivity index (χ0v) is 18.7. The Hall–Kier alpha value is -3.86. The lowest BCUT2D eigenvalue weighted by Gasteiger charge is -2.29. The first-order valence-corrected chi connectivity index (χ1v) is 11.4. The molecule has 0 saturated heterocycles. The molecule has 1 aromatic heterocycles. The maximum Gasteiger partial charge on any atom is 0.245 e. The van der Waals surface area contributed by atoms with Crippen LogP contribution in [0.1, 0.15) is 24.5 Å². The molecule has 4 aromatic rings. The van der Waals surface area contributed by atoms with Gasteiger partial charge in [-0.15, -0.1) is 0 Å². The number of hydrogen-bond acceptors (Lipinski definition) is 2. The lowest BCUT2D eigenvalue weighted by Crippen LogP contribution is -2.48. The number of nitrogens with zero attached hydrogens (tertiary/aromatic N) is 1. The Balaban J connectivity index is 1.21. The maximum absolute atomic E-state index is 13.0. The standard InChI is InChI=1S/C28H27N3O2/c1-19(30-27(32)17-22-9-6-8-20-7-2-3-10-23(20)22)28(33)31-15-13-21(14-16-31)25-18-29-26-12-5-4-11-24(25)26/h2-13,18-19,29H,14-17H2,1H3,(H,30,32)/t19-/m0/s1. The predicted octanol–water partition coefficient (Wildman–Crippen LogP) is 4.68. The Morgan fingerprint density at radius 2 is 1.76 bits per heavy atom. The number of carbonyl (C=O) groups excluding carboxylic acids is 2. The van der Waals surface area contributed by atoms with Crippen molar-refractivity contribution in [3.8, 4) is 0 Å². The summed E-state index contributed by atoms with van der Waals surface area (Å²) in [5.41, 5.74) is 4.54. The lowest BCUT2D eigenvalue weighted by molar-refractivity contribution is -0.135. The Bertz CT molecular complexity index is 1360. The molecule has 0 saturated carbocycles. The first-order valence-electron chi connectivity index (χ1n) is 11.4. The van der Waals surface area contributed by atoms with Crippen molar-refractivity contribution in [3.63, 3.8) is 0 Å². The molecule has 33 heavy (non-hydrogen) atoms. The summed E-state index contributed by atoms with van der Waals surface area (Å²) in [7, 11) is 0. The molecule has 0 bridgehead atoms. The van der Waals surface area contributed by atoms with Crippen molar-refractivity contribution in [3.05, 3.63) is 90.1 Å². The number of nitrogens with one attached hydrogen (secondary N) is 2. The summed E-state index contributed by atoms with van der Waals surface area (Å²) in [5.74, 6) is -0.185. The van der Waals surface area contributed by atoms with E-state index in [1.54, 1.807) is 6.92 Å². The highest BCUT2D eigenvalue weighted by atomic mass is 16.2.